The van der Waals surface area contributed by atoms with Gasteiger partial charge >= 0.3 is 0 Å². The molecule has 30 heavy (non-hydrogen) atoms. The Labute approximate surface area is 187 Å². The number of benzene rings is 2. The van der Waals surface area contributed by atoms with Crippen molar-refractivity contribution in [2.24, 2.45) is 5.92 Å². The lowest BCUT2D eigenvalue weighted by Crippen LogP contribution is -2.40. The third-order valence-corrected chi connectivity index (χ3v) is 6.28. The minimum Gasteiger partial charge on any atom is -0.497 e. The highest BCUT2D eigenvalue weighted by Crippen LogP contribution is 2.37. The molecule has 2 unspecified atom stereocenters. The SMILES string of the molecule is COc1cccc(C2CN(C(=O)c3ccc(Cl)cc3Cl)CC2C(=O)N(C)C(C)C)c1. The Morgan fingerprint density at radius 2 is 1.87 bits per heavy atom. The Bertz CT molecular complexity index is 948. The second kappa shape index (κ2) is 9.27. The molecule has 160 valence electrons. The molecule has 0 N–H and O–H groups in total. The highest BCUT2D eigenvalue weighted by Gasteiger charge is 2.42. The first kappa shape index (κ1) is 22.4. The number of hydrogen-bond donors (Lipinski definition) is 0. The van der Waals surface area contributed by atoms with Crippen molar-refractivity contribution in [2.75, 3.05) is 27.2 Å². The summed E-state index contributed by atoms with van der Waals surface area (Å²) in [7, 11) is 3.41. The van der Waals surface area contributed by atoms with Crippen LogP contribution in [0.3, 0.4) is 0 Å². The largest absolute Gasteiger partial charge is 0.497 e. The predicted octanol–water partition coefficient (Wildman–Crippen LogP) is 4.72. The fraction of sp³-hybridized carbons (Fsp3) is 0.391. The average Bonchev–Trinajstić information content (AvgIpc) is 3.17. The van der Waals surface area contributed by atoms with Gasteiger partial charge in [0.15, 0.2) is 0 Å². The Morgan fingerprint density at radius 1 is 1.13 bits per heavy atom. The first-order valence-corrected chi connectivity index (χ1v) is 10.6. The molecule has 2 amide bonds. The molecule has 0 spiro atoms. The molecule has 0 radical (unpaired) electrons. The highest BCUT2D eigenvalue weighted by molar-refractivity contribution is 6.36. The van der Waals surface area contributed by atoms with Gasteiger partial charge in [0.2, 0.25) is 5.91 Å². The second-order valence-electron chi connectivity index (χ2n) is 7.87. The topological polar surface area (TPSA) is 49.9 Å². The van der Waals surface area contributed by atoms with Crippen molar-refractivity contribution in [3.8, 4) is 5.75 Å². The molecule has 1 fully saturated rings. The van der Waals surface area contributed by atoms with Crippen LogP contribution in [-0.4, -0.2) is 54.9 Å². The van der Waals surface area contributed by atoms with E-state index in [2.05, 4.69) is 0 Å². The number of likely N-dealkylation sites (tertiary alicyclic amines) is 1. The summed E-state index contributed by atoms with van der Waals surface area (Å²) in [6.07, 6.45) is 0. The summed E-state index contributed by atoms with van der Waals surface area (Å²) in [5.74, 6) is 0.0622. The molecule has 0 saturated carbocycles. The fourth-order valence-corrected chi connectivity index (χ4v) is 4.27. The summed E-state index contributed by atoms with van der Waals surface area (Å²) in [5, 5.41) is 0.776. The minimum atomic E-state index is -0.348. The van der Waals surface area contributed by atoms with E-state index in [1.54, 1.807) is 42.2 Å². The number of rotatable bonds is 5. The van der Waals surface area contributed by atoms with Gasteiger partial charge in [-0.05, 0) is 49.7 Å². The molecular weight excluding hydrogens is 423 g/mol. The van der Waals surface area contributed by atoms with E-state index in [4.69, 9.17) is 27.9 Å². The predicted molar refractivity (Wildman–Crippen MR) is 119 cm³/mol. The van der Waals surface area contributed by atoms with Gasteiger partial charge in [0.25, 0.3) is 5.91 Å². The van der Waals surface area contributed by atoms with Crippen molar-refractivity contribution in [1.29, 1.82) is 0 Å². The van der Waals surface area contributed by atoms with Gasteiger partial charge in [0, 0.05) is 37.1 Å². The maximum Gasteiger partial charge on any atom is 0.255 e. The Hall–Kier alpha value is -2.24. The molecule has 0 aliphatic carbocycles. The number of nitrogens with zero attached hydrogens (tertiary/aromatic N) is 2. The van der Waals surface area contributed by atoms with Gasteiger partial charge in [-0.1, -0.05) is 35.3 Å². The van der Waals surface area contributed by atoms with Crippen LogP contribution in [-0.2, 0) is 4.79 Å². The second-order valence-corrected chi connectivity index (χ2v) is 8.71. The molecule has 7 heteroatoms. The van der Waals surface area contributed by atoms with Crippen molar-refractivity contribution in [3.05, 3.63) is 63.6 Å². The molecular formula is C23H26Cl2N2O3. The summed E-state index contributed by atoms with van der Waals surface area (Å²) < 4.78 is 5.36. The van der Waals surface area contributed by atoms with Crippen LogP contribution in [0.4, 0.5) is 0 Å². The summed E-state index contributed by atoms with van der Waals surface area (Å²) in [5.41, 5.74) is 1.36. The summed E-state index contributed by atoms with van der Waals surface area (Å²) in [4.78, 5) is 29.9. The standard InChI is InChI=1S/C23H26Cl2N2O3/c1-14(2)26(3)22(28)20-13-27(23(29)18-9-8-16(24)11-21(18)25)12-19(20)15-6-5-7-17(10-15)30-4/h5-11,14,19-20H,12-13H2,1-4H3. The van der Waals surface area contributed by atoms with Gasteiger partial charge in [0.1, 0.15) is 5.75 Å². The van der Waals surface area contributed by atoms with Gasteiger partial charge in [-0.3, -0.25) is 9.59 Å². The Balaban J connectivity index is 1.94. The molecule has 1 aliphatic rings. The Morgan fingerprint density at radius 3 is 2.50 bits per heavy atom. The molecule has 5 nitrogen and oxygen atoms in total. The quantitative estimate of drug-likeness (QED) is 0.664. The van der Waals surface area contributed by atoms with E-state index < -0.39 is 0 Å². The molecule has 0 bridgehead atoms. The number of halogens is 2. The molecule has 3 rings (SSSR count). The molecule has 1 saturated heterocycles. The maximum absolute atomic E-state index is 13.3. The molecule has 2 atom stereocenters. The average molecular weight is 449 g/mol. The number of carbonyl (C=O) groups excluding carboxylic acids is 2. The molecule has 1 aliphatic heterocycles. The van der Waals surface area contributed by atoms with Crippen molar-refractivity contribution < 1.29 is 14.3 Å². The zero-order chi connectivity index (χ0) is 22.0. The summed E-state index contributed by atoms with van der Waals surface area (Å²) >= 11 is 12.2. The van der Waals surface area contributed by atoms with Crippen LogP contribution in [0.2, 0.25) is 10.0 Å². The van der Waals surface area contributed by atoms with Crippen molar-refractivity contribution in [1.82, 2.24) is 9.80 Å². The van der Waals surface area contributed by atoms with E-state index in [-0.39, 0.29) is 29.7 Å². The molecule has 2 aromatic carbocycles. The zero-order valence-electron chi connectivity index (χ0n) is 17.6. The maximum atomic E-state index is 13.3. The van der Waals surface area contributed by atoms with E-state index in [0.29, 0.717) is 28.7 Å². The zero-order valence-corrected chi connectivity index (χ0v) is 19.1. The van der Waals surface area contributed by atoms with E-state index in [1.165, 1.54) is 0 Å². The van der Waals surface area contributed by atoms with Crippen molar-refractivity contribution in [3.63, 3.8) is 0 Å². The third-order valence-electron chi connectivity index (χ3n) is 5.73. The van der Waals surface area contributed by atoms with E-state index in [9.17, 15) is 9.59 Å². The molecule has 0 aromatic heterocycles. The fourth-order valence-electron chi connectivity index (χ4n) is 3.78. The van der Waals surface area contributed by atoms with Gasteiger partial charge < -0.3 is 14.5 Å². The van der Waals surface area contributed by atoms with Crippen molar-refractivity contribution >= 4 is 35.0 Å². The summed E-state index contributed by atoms with van der Waals surface area (Å²) in [6.45, 7) is 4.70. The number of carbonyl (C=O) groups is 2. The van der Waals surface area contributed by atoms with E-state index in [0.717, 1.165) is 11.3 Å². The smallest absolute Gasteiger partial charge is 0.255 e. The van der Waals surface area contributed by atoms with Crippen LogP contribution >= 0.6 is 23.2 Å². The van der Waals surface area contributed by atoms with Gasteiger partial charge in [-0.15, -0.1) is 0 Å². The lowest BCUT2D eigenvalue weighted by molar-refractivity contribution is -0.135. The number of methoxy groups -OCH3 is 1. The first-order valence-electron chi connectivity index (χ1n) is 9.87. The van der Waals surface area contributed by atoms with Crippen LogP contribution in [0.25, 0.3) is 0 Å². The normalized spacial score (nSPS) is 18.6. The Kier molecular flexibility index (Phi) is 6.94. The van der Waals surface area contributed by atoms with E-state index >= 15 is 0 Å². The lowest BCUT2D eigenvalue weighted by atomic mass is 9.87. The van der Waals surface area contributed by atoms with Crippen LogP contribution in [0.5, 0.6) is 5.75 Å². The highest BCUT2D eigenvalue weighted by atomic mass is 35.5. The monoisotopic (exact) mass is 448 g/mol. The lowest BCUT2D eigenvalue weighted by Gasteiger charge is -2.27. The summed E-state index contributed by atoms with van der Waals surface area (Å²) in [6, 6.07) is 12.6. The van der Waals surface area contributed by atoms with Gasteiger partial charge in [0.05, 0.1) is 23.6 Å². The van der Waals surface area contributed by atoms with Crippen LogP contribution in [0, 0.1) is 5.92 Å². The van der Waals surface area contributed by atoms with Crippen LogP contribution in [0.1, 0.15) is 35.7 Å². The van der Waals surface area contributed by atoms with Crippen LogP contribution < -0.4 is 4.74 Å². The molecule has 2 aromatic rings. The number of ether oxygens (including phenoxy) is 1. The minimum absolute atomic E-state index is 0.0234. The van der Waals surface area contributed by atoms with Crippen LogP contribution in [0.15, 0.2) is 42.5 Å². The number of hydrogen-bond acceptors (Lipinski definition) is 3. The number of amides is 2. The first-order chi connectivity index (χ1) is 14.2. The van der Waals surface area contributed by atoms with Gasteiger partial charge in [-0.25, -0.2) is 0 Å². The third kappa shape index (κ3) is 4.57. The van der Waals surface area contributed by atoms with E-state index in [1.807, 2.05) is 38.1 Å². The molecule has 1 heterocycles. The van der Waals surface area contributed by atoms with Crippen molar-refractivity contribution in [2.45, 2.75) is 25.8 Å². The van der Waals surface area contributed by atoms with Gasteiger partial charge in [-0.2, -0.15) is 0 Å².